The van der Waals surface area contributed by atoms with Crippen molar-refractivity contribution in [3.05, 3.63) is 66.2 Å². The van der Waals surface area contributed by atoms with Crippen LogP contribution in [0.4, 0.5) is 5.69 Å². The Morgan fingerprint density at radius 2 is 2.07 bits per heavy atom. The Morgan fingerprint density at radius 1 is 1.22 bits per heavy atom. The molecule has 2 aromatic heterocycles. The third kappa shape index (κ3) is 2.96. The zero-order chi connectivity index (χ0) is 19.0. The molecule has 0 radical (unpaired) electrons. The molecule has 27 heavy (non-hydrogen) atoms. The van der Waals surface area contributed by atoms with Gasteiger partial charge in [-0.25, -0.2) is 8.42 Å². The average molecular weight is 377 g/mol. The second kappa shape index (κ2) is 6.34. The number of fused-ring (bicyclic) bond motifs is 1. The molecule has 7 heteroatoms. The number of aryl methyl sites for hydroxylation is 1. The van der Waals surface area contributed by atoms with Crippen molar-refractivity contribution in [1.29, 1.82) is 0 Å². The predicted octanol–water partition coefficient (Wildman–Crippen LogP) is 3.91. The van der Waals surface area contributed by atoms with Gasteiger partial charge in [-0.1, -0.05) is 29.3 Å². The van der Waals surface area contributed by atoms with E-state index in [0.29, 0.717) is 27.9 Å². The Bertz CT molecular complexity index is 1280. The van der Waals surface area contributed by atoms with Crippen LogP contribution in [0.25, 0.3) is 22.0 Å². The molecule has 6 nitrogen and oxygen atoms in total. The number of aromatic nitrogens is 2. The summed E-state index contributed by atoms with van der Waals surface area (Å²) in [6, 6.07) is 10.1. The molecular weight excluding hydrogens is 362 g/mol. The highest BCUT2D eigenvalue weighted by molar-refractivity contribution is 7.92. The first-order chi connectivity index (χ1) is 13.0. The molecule has 0 aliphatic heterocycles. The quantitative estimate of drug-likeness (QED) is 0.528. The van der Waals surface area contributed by atoms with E-state index in [0.717, 1.165) is 10.9 Å². The Morgan fingerprint density at radius 3 is 2.81 bits per heavy atom. The van der Waals surface area contributed by atoms with E-state index in [1.807, 2.05) is 13.0 Å². The van der Waals surface area contributed by atoms with Crippen molar-refractivity contribution < 1.29 is 12.9 Å². The number of hydrogen-bond donors (Lipinski definition) is 2. The molecule has 4 aromatic rings. The fraction of sp³-hybridized carbons (Fsp3) is 0.0500. The first-order valence-corrected chi connectivity index (χ1v) is 9.58. The number of sulfonamides is 1. The summed E-state index contributed by atoms with van der Waals surface area (Å²) in [5.41, 5.74) is 4.15. The molecule has 2 heterocycles. The van der Waals surface area contributed by atoms with Gasteiger partial charge in [0.1, 0.15) is 6.26 Å². The van der Waals surface area contributed by atoms with Crippen molar-refractivity contribution in [2.24, 2.45) is 0 Å². The molecule has 0 aliphatic rings. The summed E-state index contributed by atoms with van der Waals surface area (Å²) in [5, 5.41) is 4.48. The first kappa shape index (κ1) is 16.9. The zero-order valence-electron chi connectivity index (χ0n) is 14.4. The minimum Gasteiger partial charge on any atom is -0.364 e. The summed E-state index contributed by atoms with van der Waals surface area (Å²) in [7, 11) is -3.80. The van der Waals surface area contributed by atoms with E-state index >= 15 is 0 Å². The highest BCUT2D eigenvalue weighted by Gasteiger charge is 2.18. The van der Waals surface area contributed by atoms with Gasteiger partial charge in [0, 0.05) is 22.7 Å². The molecular formula is C20H15N3O3S. The Labute approximate surface area is 156 Å². The third-order valence-electron chi connectivity index (χ3n) is 4.35. The summed E-state index contributed by atoms with van der Waals surface area (Å²) >= 11 is 0. The lowest BCUT2D eigenvalue weighted by Crippen LogP contribution is -2.13. The van der Waals surface area contributed by atoms with Crippen LogP contribution in [0.3, 0.4) is 0 Å². The summed E-state index contributed by atoms with van der Waals surface area (Å²) in [4.78, 5) is 3.20. The van der Waals surface area contributed by atoms with Gasteiger partial charge in [0.15, 0.2) is 0 Å². The number of hydrogen-bond acceptors (Lipinski definition) is 4. The number of benzene rings is 2. The van der Waals surface area contributed by atoms with E-state index in [1.54, 1.807) is 30.5 Å². The van der Waals surface area contributed by atoms with Crippen molar-refractivity contribution in [1.82, 2.24) is 10.1 Å². The van der Waals surface area contributed by atoms with Crippen molar-refractivity contribution in [3.8, 4) is 23.5 Å². The molecule has 0 amide bonds. The second-order valence-electron chi connectivity index (χ2n) is 6.07. The maximum absolute atomic E-state index is 12.9. The topological polar surface area (TPSA) is 88.0 Å². The lowest BCUT2D eigenvalue weighted by molar-refractivity contribution is 0.420. The molecule has 0 saturated heterocycles. The highest BCUT2D eigenvalue weighted by atomic mass is 32.2. The van der Waals surface area contributed by atoms with Crippen molar-refractivity contribution in [3.63, 3.8) is 0 Å². The lowest BCUT2D eigenvalue weighted by atomic mass is 10.1. The van der Waals surface area contributed by atoms with Crippen LogP contribution in [-0.2, 0) is 10.0 Å². The van der Waals surface area contributed by atoms with Crippen LogP contribution in [0.5, 0.6) is 0 Å². The molecule has 0 fully saturated rings. The summed E-state index contributed by atoms with van der Waals surface area (Å²) < 4.78 is 33.3. The number of H-pyrrole nitrogens is 1. The first-order valence-electron chi connectivity index (χ1n) is 8.09. The Hall–Kier alpha value is -3.50. The molecule has 4 rings (SSSR count). The summed E-state index contributed by atoms with van der Waals surface area (Å²) in [5.74, 6) is 2.61. The van der Waals surface area contributed by atoms with E-state index in [9.17, 15) is 8.42 Å². The lowest BCUT2D eigenvalue weighted by Gasteiger charge is -2.11. The molecule has 134 valence electrons. The van der Waals surface area contributed by atoms with Crippen LogP contribution in [0, 0.1) is 19.3 Å². The molecule has 2 aromatic carbocycles. The van der Waals surface area contributed by atoms with Crippen LogP contribution < -0.4 is 4.72 Å². The molecule has 0 bridgehead atoms. The number of nitrogens with one attached hydrogen (secondary N) is 2. The highest BCUT2D eigenvalue weighted by Crippen LogP contribution is 2.30. The van der Waals surface area contributed by atoms with E-state index in [2.05, 4.69) is 20.8 Å². The van der Waals surface area contributed by atoms with Gasteiger partial charge in [0.25, 0.3) is 10.0 Å². The monoisotopic (exact) mass is 377 g/mol. The van der Waals surface area contributed by atoms with E-state index in [1.165, 1.54) is 18.5 Å². The van der Waals surface area contributed by atoms with Gasteiger partial charge in [-0.2, -0.15) is 0 Å². The molecule has 2 N–H and O–H groups in total. The number of rotatable bonds is 4. The standard InChI is InChI=1S/C20H15N3O3S/c1-3-14-10-21-20-18(8-7-13(2)19(14)20)23-27(24,25)17-6-4-5-15(9-17)16-11-22-26-12-16/h1,4-12,21,23H,2H3. The second-order valence-corrected chi connectivity index (χ2v) is 7.76. The number of terminal acetylenes is 1. The van der Waals surface area contributed by atoms with Gasteiger partial charge < -0.3 is 9.51 Å². The third-order valence-corrected chi connectivity index (χ3v) is 5.72. The normalized spacial score (nSPS) is 11.4. The van der Waals surface area contributed by atoms with Gasteiger partial charge in [-0.15, -0.1) is 6.42 Å². The van der Waals surface area contributed by atoms with Crippen LogP contribution in [-0.4, -0.2) is 18.6 Å². The molecule has 0 spiro atoms. The van der Waals surface area contributed by atoms with Crippen LogP contribution in [0.15, 0.2) is 64.5 Å². The molecule has 0 saturated carbocycles. The van der Waals surface area contributed by atoms with Crippen LogP contribution in [0.1, 0.15) is 11.1 Å². The minimum atomic E-state index is -3.80. The molecule has 0 aliphatic carbocycles. The summed E-state index contributed by atoms with van der Waals surface area (Å²) in [6.07, 6.45) is 10.2. The van der Waals surface area contributed by atoms with Gasteiger partial charge in [-0.05, 0) is 36.2 Å². The van der Waals surface area contributed by atoms with Gasteiger partial charge in [0.2, 0.25) is 0 Å². The Balaban J connectivity index is 1.76. The Kier molecular flexibility index (Phi) is 3.98. The van der Waals surface area contributed by atoms with E-state index < -0.39 is 10.0 Å². The predicted molar refractivity (Wildman–Crippen MR) is 104 cm³/mol. The van der Waals surface area contributed by atoms with Crippen LogP contribution in [0.2, 0.25) is 0 Å². The zero-order valence-corrected chi connectivity index (χ0v) is 15.2. The fourth-order valence-electron chi connectivity index (χ4n) is 3.01. The van der Waals surface area contributed by atoms with E-state index in [4.69, 9.17) is 10.9 Å². The van der Waals surface area contributed by atoms with Crippen molar-refractivity contribution >= 4 is 26.6 Å². The van der Waals surface area contributed by atoms with Gasteiger partial charge in [0.05, 0.1) is 22.3 Å². The average Bonchev–Trinajstić information content (AvgIpc) is 3.34. The fourth-order valence-corrected chi connectivity index (χ4v) is 4.13. The largest absolute Gasteiger partial charge is 0.364 e. The minimum absolute atomic E-state index is 0.138. The number of anilines is 1. The van der Waals surface area contributed by atoms with Crippen LogP contribution >= 0.6 is 0 Å². The molecule has 0 atom stereocenters. The summed E-state index contributed by atoms with van der Waals surface area (Å²) in [6.45, 7) is 1.93. The SMILES string of the molecule is C#Cc1c[nH]c2c(NS(=O)(=O)c3cccc(-c4cnoc4)c3)ccc(C)c12. The van der Waals surface area contributed by atoms with E-state index in [-0.39, 0.29) is 4.90 Å². The maximum atomic E-state index is 12.9. The number of aromatic amines is 1. The van der Waals surface area contributed by atoms with Gasteiger partial charge in [-0.3, -0.25) is 4.72 Å². The maximum Gasteiger partial charge on any atom is 0.261 e. The van der Waals surface area contributed by atoms with Gasteiger partial charge >= 0.3 is 0 Å². The number of nitrogens with zero attached hydrogens (tertiary/aromatic N) is 1. The van der Waals surface area contributed by atoms with Crippen molar-refractivity contribution in [2.45, 2.75) is 11.8 Å². The smallest absolute Gasteiger partial charge is 0.261 e. The molecule has 0 unspecified atom stereocenters. The van der Waals surface area contributed by atoms with Crippen molar-refractivity contribution in [2.75, 3.05) is 4.72 Å².